The fourth-order valence-electron chi connectivity index (χ4n) is 1.43. The number of alkyl halides is 3. The highest BCUT2D eigenvalue weighted by Gasteiger charge is 2.21. The minimum atomic E-state index is -2.71. The van der Waals surface area contributed by atoms with Crippen LogP contribution in [-0.2, 0) is 16.5 Å². The van der Waals surface area contributed by atoms with Crippen LogP contribution in [0.2, 0.25) is 0 Å². The van der Waals surface area contributed by atoms with Gasteiger partial charge in [0.25, 0.3) is 6.43 Å². The van der Waals surface area contributed by atoms with E-state index in [0.29, 0.717) is 11.1 Å². The number of hydrogen-bond donors (Lipinski definition) is 1. The van der Waals surface area contributed by atoms with Crippen molar-refractivity contribution in [2.45, 2.75) is 25.1 Å². The van der Waals surface area contributed by atoms with Gasteiger partial charge < -0.3 is 5.11 Å². The highest BCUT2D eigenvalue weighted by atomic mass is 79.9. The molecule has 0 fully saturated rings. The molecule has 16 heavy (non-hydrogen) atoms. The van der Waals surface area contributed by atoms with Crippen molar-refractivity contribution in [2.75, 3.05) is 0 Å². The summed E-state index contributed by atoms with van der Waals surface area (Å²) >= 11 is 3.12. The van der Waals surface area contributed by atoms with Gasteiger partial charge in [-0.1, -0.05) is 15.9 Å². The van der Waals surface area contributed by atoms with Gasteiger partial charge in [0, 0.05) is 17.1 Å². The summed E-state index contributed by atoms with van der Waals surface area (Å²) in [5.74, 6) is -1.17. The zero-order valence-electron chi connectivity index (χ0n) is 8.51. The van der Waals surface area contributed by atoms with Crippen molar-refractivity contribution in [3.05, 3.63) is 28.6 Å². The van der Waals surface area contributed by atoms with Crippen LogP contribution in [0.4, 0.5) is 8.78 Å². The van der Waals surface area contributed by atoms with E-state index in [0.717, 1.165) is 0 Å². The van der Waals surface area contributed by atoms with Gasteiger partial charge in [0.2, 0.25) is 0 Å². The Hall–Kier alpha value is -1.04. The summed E-state index contributed by atoms with van der Waals surface area (Å²) in [4.78, 5) is 14.3. The van der Waals surface area contributed by atoms with Crippen molar-refractivity contribution in [1.82, 2.24) is 4.98 Å². The Morgan fingerprint density at radius 1 is 1.62 bits per heavy atom. The Balaban J connectivity index is 3.32. The number of halogens is 3. The van der Waals surface area contributed by atoms with E-state index in [2.05, 4.69) is 20.9 Å². The molecule has 0 bridgehead atoms. The van der Waals surface area contributed by atoms with E-state index in [-0.39, 0.29) is 16.6 Å². The van der Waals surface area contributed by atoms with Crippen molar-refractivity contribution in [2.24, 2.45) is 0 Å². The lowest BCUT2D eigenvalue weighted by Gasteiger charge is -2.13. The third-order valence-electron chi connectivity index (χ3n) is 2.20. The van der Waals surface area contributed by atoms with Crippen molar-refractivity contribution in [1.29, 1.82) is 0 Å². The van der Waals surface area contributed by atoms with Crippen LogP contribution < -0.4 is 0 Å². The number of rotatable bonds is 4. The van der Waals surface area contributed by atoms with Gasteiger partial charge in [-0.3, -0.25) is 9.78 Å². The number of aryl methyl sites for hydroxylation is 1. The summed E-state index contributed by atoms with van der Waals surface area (Å²) in [7, 11) is 0. The predicted octanol–water partition coefficient (Wildman–Crippen LogP) is 2.85. The van der Waals surface area contributed by atoms with Crippen LogP contribution in [-0.4, -0.2) is 16.1 Å². The fourth-order valence-corrected chi connectivity index (χ4v) is 2.17. The average Bonchev–Trinajstić information content (AvgIpc) is 2.18. The lowest BCUT2D eigenvalue weighted by Crippen LogP contribution is -2.10. The highest BCUT2D eigenvalue weighted by Crippen LogP contribution is 2.29. The van der Waals surface area contributed by atoms with Gasteiger partial charge in [-0.05, 0) is 18.1 Å². The standard InChI is InChI=1S/C10H10BrF2NO2/c1-5-4-14-7(2-8(15)16)9(10(12)13)6(5)3-11/h4,10H,2-3H2,1H3,(H,15,16). The van der Waals surface area contributed by atoms with E-state index >= 15 is 0 Å². The van der Waals surface area contributed by atoms with Gasteiger partial charge in [-0.15, -0.1) is 0 Å². The number of carbonyl (C=O) groups is 1. The van der Waals surface area contributed by atoms with Crippen LogP contribution in [0.1, 0.15) is 28.8 Å². The Morgan fingerprint density at radius 3 is 2.69 bits per heavy atom. The predicted molar refractivity (Wildman–Crippen MR) is 57.9 cm³/mol. The molecule has 0 aliphatic rings. The zero-order chi connectivity index (χ0) is 12.3. The molecule has 1 N–H and O–H groups in total. The first kappa shape index (κ1) is 13.0. The van der Waals surface area contributed by atoms with Crippen molar-refractivity contribution >= 4 is 21.9 Å². The lowest BCUT2D eigenvalue weighted by atomic mass is 10.0. The largest absolute Gasteiger partial charge is 0.481 e. The van der Waals surface area contributed by atoms with Gasteiger partial charge in [0.05, 0.1) is 12.1 Å². The third-order valence-corrected chi connectivity index (χ3v) is 2.76. The van der Waals surface area contributed by atoms with Gasteiger partial charge >= 0.3 is 5.97 Å². The van der Waals surface area contributed by atoms with E-state index in [9.17, 15) is 13.6 Å². The Morgan fingerprint density at radius 2 is 2.25 bits per heavy atom. The second kappa shape index (κ2) is 5.34. The van der Waals surface area contributed by atoms with Crippen molar-refractivity contribution in [3.8, 4) is 0 Å². The molecule has 1 aromatic rings. The molecule has 1 rings (SSSR count). The summed E-state index contributed by atoms with van der Waals surface area (Å²) in [6.45, 7) is 1.67. The smallest absolute Gasteiger partial charge is 0.309 e. The Kier molecular flexibility index (Phi) is 4.35. The second-order valence-electron chi connectivity index (χ2n) is 3.28. The number of carboxylic acid groups (broad SMARTS) is 1. The van der Waals surface area contributed by atoms with Crippen LogP contribution in [0.3, 0.4) is 0 Å². The summed E-state index contributed by atoms with van der Waals surface area (Å²) < 4.78 is 25.7. The number of pyridine rings is 1. The van der Waals surface area contributed by atoms with Crippen molar-refractivity contribution in [3.63, 3.8) is 0 Å². The van der Waals surface area contributed by atoms with Gasteiger partial charge in [0.15, 0.2) is 0 Å². The fraction of sp³-hybridized carbons (Fsp3) is 0.400. The first-order chi connectivity index (χ1) is 7.47. The molecule has 0 saturated carbocycles. The maximum absolute atomic E-state index is 12.9. The first-order valence-corrected chi connectivity index (χ1v) is 5.62. The van der Waals surface area contributed by atoms with E-state index in [1.165, 1.54) is 6.20 Å². The van der Waals surface area contributed by atoms with Crippen LogP contribution in [0.25, 0.3) is 0 Å². The lowest BCUT2D eigenvalue weighted by molar-refractivity contribution is -0.136. The number of aromatic nitrogens is 1. The van der Waals surface area contributed by atoms with Gasteiger partial charge in [0.1, 0.15) is 0 Å². The third kappa shape index (κ3) is 2.75. The summed E-state index contributed by atoms with van der Waals surface area (Å²) in [6, 6.07) is 0. The average molecular weight is 294 g/mol. The number of aliphatic carboxylic acids is 1. The molecule has 88 valence electrons. The molecule has 1 aromatic heterocycles. The molecule has 0 aliphatic heterocycles. The van der Waals surface area contributed by atoms with E-state index in [1.54, 1.807) is 6.92 Å². The molecule has 0 aromatic carbocycles. The Labute approximate surface area is 99.6 Å². The monoisotopic (exact) mass is 293 g/mol. The van der Waals surface area contributed by atoms with Crippen LogP contribution in [0.5, 0.6) is 0 Å². The van der Waals surface area contributed by atoms with Crippen LogP contribution in [0.15, 0.2) is 6.20 Å². The van der Waals surface area contributed by atoms with E-state index in [4.69, 9.17) is 5.11 Å². The molecule has 3 nitrogen and oxygen atoms in total. The second-order valence-corrected chi connectivity index (χ2v) is 3.85. The maximum Gasteiger partial charge on any atom is 0.309 e. The van der Waals surface area contributed by atoms with Crippen LogP contribution >= 0.6 is 15.9 Å². The van der Waals surface area contributed by atoms with Gasteiger partial charge in [-0.2, -0.15) is 0 Å². The first-order valence-electron chi connectivity index (χ1n) is 4.50. The molecule has 6 heteroatoms. The minimum Gasteiger partial charge on any atom is -0.481 e. The quantitative estimate of drug-likeness (QED) is 0.869. The number of carboxylic acids is 1. The van der Waals surface area contributed by atoms with E-state index < -0.39 is 18.8 Å². The number of nitrogens with zero attached hydrogens (tertiary/aromatic N) is 1. The normalized spacial score (nSPS) is 10.8. The molecule has 0 spiro atoms. The summed E-state index contributed by atoms with van der Waals surface area (Å²) in [5, 5.41) is 8.87. The maximum atomic E-state index is 12.9. The Bertz CT molecular complexity index is 410. The molecule has 1 heterocycles. The molecular weight excluding hydrogens is 284 g/mol. The van der Waals surface area contributed by atoms with E-state index in [1.807, 2.05) is 0 Å². The molecule has 0 atom stereocenters. The van der Waals surface area contributed by atoms with Gasteiger partial charge in [-0.25, -0.2) is 8.78 Å². The SMILES string of the molecule is Cc1cnc(CC(=O)O)c(C(F)F)c1CBr. The molecule has 0 amide bonds. The topological polar surface area (TPSA) is 50.2 Å². The highest BCUT2D eigenvalue weighted by molar-refractivity contribution is 9.08. The molecule has 0 aliphatic carbocycles. The van der Waals surface area contributed by atoms with Crippen molar-refractivity contribution < 1.29 is 18.7 Å². The zero-order valence-corrected chi connectivity index (χ0v) is 10.1. The molecule has 0 radical (unpaired) electrons. The summed E-state index contributed by atoms with van der Waals surface area (Å²) in [6.07, 6.45) is -1.78. The minimum absolute atomic E-state index is 0.0671. The molecule has 0 unspecified atom stereocenters. The molecule has 0 saturated heterocycles. The van der Waals surface area contributed by atoms with Crippen LogP contribution in [0, 0.1) is 6.92 Å². The molecular formula is C10H10BrF2NO2. The number of hydrogen-bond acceptors (Lipinski definition) is 2. The summed E-state index contributed by atoms with van der Waals surface area (Å²) in [5.41, 5.74) is 0.712.